The van der Waals surface area contributed by atoms with Crippen LogP contribution in [-0.4, -0.2) is 16.0 Å². The van der Waals surface area contributed by atoms with E-state index in [2.05, 4.69) is 78.0 Å². The fraction of sp³-hybridized carbons (Fsp3) is 0.464. The highest BCUT2D eigenvalue weighted by atomic mass is 15.0. The summed E-state index contributed by atoms with van der Waals surface area (Å²) in [5.74, 6) is 1.10. The number of aromatic nitrogens is 2. The van der Waals surface area contributed by atoms with E-state index in [1.807, 2.05) is 0 Å². The molecular formula is C28H37N3. The molecule has 31 heavy (non-hydrogen) atoms. The minimum absolute atomic E-state index is 0.331. The summed E-state index contributed by atoms with van der Waals surface area (Å²) >= 11 is 0. The topological polar surface area (TPSA) is 40.7 Å². The second-order valence-corrected chi connectivity index (χ2v) is 9.02. The van der Waals surface area contributed by atoms with Crippen molar-refractivity contribution < 1.29 is 0 Å². The largest absolute Gasteiger partial charge is 0.347 e. The molecule has 1 heterocycles. The molecule has 1 aromatic heterocycles. The van der Waals surface area contributed by atoms with Gasteiger partial charge in [0.15, 0.2) is 0 Å². The molecule has 1 unspecified atom stereocenters. The maximum atomic E-state index is 5.03. The quantitative estimate of drug-likeness (QED) is 0.333. The summed E-state index contributed by atoms with van der Waals surface area (Å²) < 4.78 is 0. The third kappa shape index (κ3) is 6.07. The molecule has 2 aromatic carbocycles. The van der Waals surface area contributed by atoms with Crippen molar-refractivity contribution in [1.29, 1.82) is 0 Å². The first-order valence-electron chi connectivity index (χ1n) is 12.3. The van der Waals surface area contributed by atoms with Crippen LogP contribution in [-0.2, 0) is 0 Å². The number of aromatic amines is 1. The number of hydrogen-bond acceptors (Lipinski definition) is 2. The fourth-order valence-corrected chi connectivity index (χ4v) is 4.76. The van der Waals surface area contributed by atoms with Crippen molar-refractivity contribution in [2.24, 2.45) is 0 Å². The van der Waals surface area contributed by atoms with Gasteiger partial charge in [0.25, 0.3) is 0 Å². The number of nitrogens with one attached hydrogen (secondary N) is 2. The highest BCUT2D eigenvalue weighted by Crippen LogP contribution is 2.27. The summed E-state index contributed by atoms with van der Waals surface area (Å²) in [4.78, 5) is 8.54. The van der Waals surface area contributed by atoms with Gasteiger partial charge in [-0.1, -0.05) is 106 Å². The predicted molar refractivity (Wildman–Crippen MR) is 131 cm³/mol. The summed E-state index contributed by atoms with van der Waals surface area (Å²) in [6.45, 7) is 2.28. The van der Waals surface area contributed by atoms with Gasteiger partial charge < -0.3 is 10.3 Å². The van der Waals surface area contributed by atoms with Crippen molar-refractivity contribution >= 4 is 0 Å². The highest BCUT2D eigenvalue weighted by molar-refractivity contribution is 5.68. The standard InChI is InChI=1S/C28H37N3/c1-2-3-4-11-16-26(30-25-14-9-6-10-15-25)28-29-21-27(31-28)24-19-17-23(18-20-24)22-12-7-5-8-13-22/h5,7-8,12-13,17-21,25-26,30H,2-4,6,9-11,14-16H2,1H3,(H,29,31). The molecule has 1 saturated carbocycles. The third-order valence-electron chi connectivity index (χ3n) is 6.60. The lowest BCUT2D eigenvalue weighted by molar-refractivity contribution is 0.320. The lowest BCUT2D eigenvalue weighted by Crippen LogP contribution is -2.35. The van der Waals surface area contributed by atoms with Crippen LogP contribution in [0.2, 0.25) is 0 Å². The van der Waals surface area contributed by atoms with Gasteiger partial charge in [-0.2, -0.15) is 0 Å². The van der Waals surface area contributed by atoms with E-state index in [-0.39, 0.29) is 0 Å². The van der Waals surface area contributed by atoms with Gasteiger partial charge in [-0.3, -0.25) is 0 Å². The van der Waals surface area contributed by atoms with Gasteiger partial charge in [-0.05, 0) is 30.4 Å². The van der Waals surface area contributed by atoms with Crippen LogP contribution in [0.25, 0.3) is 22.4 Å². The second-order valence-electron chi connectivity index (χ2n) is 9.02. The molecule has 2 N–H and O–H groups in total. The SMILES string of the molecule is CCCCCCC(NC1CCCCC1)c1nc(-c2ccc(-c3ccccc3)cc2)c[nH]1. The van der Waals surface area contributed by atoms with E-state index in [0.717, 1.165) is 17.9 Å². The number of rotatable bonds is 10. The van der Waals surface area contributed by atoms with Gasteiger partial charge >= 0.3 is 0 Å². The monoisotopic (exact) mass is 415 g/mol. The van der Waals surface area contributed by atoms with Crippen molar-refractivity contribution in [3.05, 3.63) is 66.6 Å². The lowest BCUT2D eigenvalue weighted by atomic mass is 9.94. The van der Waals surface area contributed by atoms with Crippen molar-refractivity contribution in [1.82, 2.24) is 15.3 Å². The molecule has 0 saturated heterocycles. The number of H-pyrrole nitrogens is 1. The molecule has 0 amide bonds. The molecule has 164 valence electrons. The zero-order valence-corrected chi connectivity index (χ0v) is 18.9. The van der Waals surface area contributed by atoms with Crippen molar-refractivity contribution in [3.8, 4) is 22.4 Å². The molecule has 0 radical (unpaired) electrons. The van der Waals surface area contributed by atoms with Crippen LogP contribution in [0, 0.1) is 0 Å². The van der Waals surface area contributed by atoms with Gasteiger partial charge in [0.05, 0.1) is 11.7 Å². The molecule has 1 aliphatic rings. The first-order chi connectivity index (χ1) is 15.3. The van der Waals surface area contributed by atoms with Gasteiger partial charge in [0.2, 0.25) is 0 Å². The Morgan fingerprint density at radius 2 is 1.58 bits per heavy atom. The van der Waals surface area contributed by atoms with Crippen molar-refractivity contribution in [3.63, 3.8) is 0 Å². The summed E-state index contributed by atoms with van der Waals surface area (Å²) in [7, 11) is 0. The number of nitrogens with zero attached hydrogens (tertiary/aromatic N) is 1. The molecule has 0 bridgehead atoms. The Balaban J connectivity index is 1.46. The van der Waals surface area contributed by atoms with Crippen molar-refractivity contribution in [2.45, 2.75) is 83.2 Å². The van der Waals surface area contributed by atoms with Crippen LogP contribution in [0.4, 0.5) is 0 Å². The molecule has 0 aliphatic heterocycles. The number of benzene rings is 2. The predicted octanol–water partition coefficient (Wildman–Crippen LogP) is 7.68. The molecule has 4 rings (SSSR count). The van der Waals surface area contributed by atoms with E-state index in [1.54, 1.807) is 0 Å². The van der Waals surface area contributed by atoms with Crippen molar-refractivity contribution in [2.75, 3.05) is 0 Å². The summed E-state index contributed by atoms with van der Waals surface area (Å²) in [6, 6.07) is 20.3. The molecule has 3 heteroatoms. The lowest BCUT2D eigenvalue weighted by Gasteiger charge is -2.27. The van der Waals surface area contributed by atoms with Gasteiger partial charge in [-0.15, -0.1) is 0 Å². The minimum Gasteiger partial charge on any atom is -0.347 e. The van der Waals surface area contributed by atoms with E-state index in [4.69, 9.17) is 4.98 Å². The molecule has 0 spiro atoms. The van der Waals surface area contributed by atoms with E-state index in [0.29, 0.717) is 12.1 Å². The first kappa shape index (κ1) is 21.8. The summed E-state index contributed by atoms with van der Waals surface area (Å²) in [5, 5.41) is 3.95. The van der Waals surface area contributed by atoms with Gasteiger partial charge in [0, 0.05) is 17.8 Å². The Morgan fingerprint density at radius 1 is 0.871 bits per heavy atom. The van der Waals surface area contributed by atoms with Crippen LogP contribution < -0.4 is 5.32 Å². The average molecular weight is 416 g/mol. The third-order valence-corrected chi connectivity index (χ3v) is 6.60. The number of hydrogen-bond donors (Lipinski definition) is 2. The molecular weight excluding hydrogens is 378 g/mol. The molecule has 1 atom stereocenters. The molecule has 3 nitrogen and oxygen atoms in total. The number of imidazole rings is 1. The van der Waals surface area contributed by atoms with Crippen LogP contribution in [0.3, 0.4) is 0 Å². The molecule has 3 aromatic rings. The van der Waals surface area contributed by atoms with Crippen LogP contribution >= 0.6 is 0 Å². The first-order valence-corrected chi connectivity index (χ1v) is 12.3. The Hall–Kier alpha value is -2.39. The Kier molecular flexibility index (Phi) is 7.95. The molecule has 1 aliphatic carbocycles. The van der Waals surface area contributed by atoms with Crippen LogP contribution in [0.15, 0.2) is 60.8 Å². The van der Waals surface area contributed by atoms with Crippen LogP contribution in [0.5, 0.6) is 0 Å². The van der Waals surface area contributed by atoms with E-state index in [9.17, 15) is 0 Å². The van der Waals surface area contributed by atoms with Crippen LogP contribution in [0.1, 0.15) is 83.0 Å². The number of unbranched alkanes of at least 4 members (excludes halogenated alkanes) is 3. The maximum Gasteiger partial charge on any atom is 0.124 e. The molecule has 1 fully saturated rings. The van der Waals surface area contributed by atoms with Gasteiger partial charge in [-0.25, -0.2) is 4.98 Å². The van der Waals surface area contributed by atoms with Gasteiger partial charge in [0.1, 0.15) is 5.82 Å². The van der Waals surface area contributed by atoms with E-state index >= 15 is 0 Å². The second kappa shape index (κ2) is 11.3. The minimum atomic E-state index is 0.331. The smallest absolute Gasteiger partial charge is 0.124 e. The van der Waals surface area contributed by atoms with E-state index < -0.39 is 0 Å². The Bertz CT molecular complexity index is 892. The normalized spacial score (nSPS) is 15.8. The zero-order valence-electron chi connectivity index (χ0n) is 18.9. The Morgan fingerprint density at radius 3 is 2.32 bits per heavy atom. The summed E-state index contributed by atoms with van der Waals surface area (Å²) in [5.41, 5.74) is 4.71. The fourth-order valence-electron chi connectivity index (χ4n) is 4.76. The summed E-state index contributed by atoms with van der Waals surface area (Å²) in [6.07, 6.45) is 15.1. The average Bonchev–Trinajstić information content (AvgIpc) is 3.33. The van der Waals surface area contributed by atoms with E-state index in [1.165, 1.54) is 74.5 Å². The maximum absolute atomic E-state index is 5.03. The zero-order chi connectivity index (χ0) is 21.3. The highest BCUT2D eigenvalue weighted by Gasteiger charge is 2.21. The Labute approximate surface area is 187 Å².